The van der Waals surface area contributed by atoms with Crippen molar-refractivity contribution in [2.75, 3.05) is 10.6 Å². The van der Waals surface area contributed by atoms with Gasteiger partial charge in [0.15, 0.2) is 5.11 Å². The molecule has 26 heavy (non-hydrogen) atoms. The quantitative estimate of drug-likeness (QED) is 0.646. The second kappa shape index (κ2) is 7.71. The third-order valence-corrected chi connectivity index (χ3v) is 3.84. The van der Waals surface area contributed by atoms with E-state index in [1.165, 1.54) is 29.2 Å². The molecule has 0 aliphatic rings. The highest BCUT2D eigenvalue weighted by Crippen LogP contribution is 2.18. The van der Waals surface area contributed by atoms with Crippen molar-refractivity contribution in [2.45, 2.75) is 6.54 Å². The van der Waals surface area contributed by atoms with E-state index in [1.54, 1.807) is 6.07 Å². The molecule has 0 atom stereocenters. The second-order valence-corrected chi connectivity index (χ2v) is 6.02. The Balaban J connectivity index is 1.63. The van der Waals surface area contributed by atoms with E-state index in [1.807, 2.05) is 0 Å². The number of nitrogens with one attached hydrogen (secondary N) is 2. The number of aromatic nitrogens is 3. The van der Waals surface area contributed by atoms with Crippen LogP contribution in [-0.2, 0) is 6.54 Å². The first-order valence-electron chi connectivity index (χ1n) is 7.27. The molecule has 0 saturated carbocycles. The number of halogens is 4. The van der Waals surface area contributed by atoms with Crippen molar-refractivity contribution >= 4 is 40.6 Å². The van der Waals surface area contributed by atoms with Crippen LogP contribution < -0.4 is 10.6 Å². The standard InChI is InChI=1S/C16H11ClF3N5S/c17-12-5-10(18)2-1-9(12)7-25-8-21-15(24-25)23-16(26)22-14-4-3-11(19)6-13(14)20/h1-6,8H,7H2,(H2,22,23,24,26). The van der Waals surface area contributed by atoms with E-state index >= 15 is 0 Å². The molecule has 0 aliphatic heterocycles. The van der Waals surface area contributed by atoms with E-state index < -0.39 is 17.5 Å². The Morgan fingerprint density at radius 3 is 2.54 bits per heavy atom. The van der Waals surface area contributed by atoms with Gasteiger partial charge in [-0.25, -0.2) is 22.8 Å². The van der Waals surface area contributed by atoms with Gasteiger partial charge in [0, 0.05) is 11.1 Å². The Morgan fingerprint density at radius 2 is 1.81 bits per heavy atom. The molecule has 5 nitrogen and oxygen atoms in total. The van der Waals surface area contributed by atoms with Gasteiger partial charge in [-0.15, -0.1) is 5.10 Å². The van der Waals surface area contributed by atoms with Crippen LogP contribution in [0.5, 0.6) is 0 Å². The molecule has 0 bridgehead atoms. The minimum absolute atomic E-state index is 0.0152. The summed E-state index contributed by atoms with van der Waals surface area (Å²) in [5, 5.41) is 9.73. The fourth-order valence-electron chi connectivity index (χ4n) is 2.10. The molecule has 0 radical (unpaired) electrons. The van der Waals surface area contributed by atoms with Crippen molar-refractivity contribution in [3.05, 3.63) is 70.8 Å². The Kier molecular flexibility index (Phi) is 5.38. The summed E-state index contributed by atoms with van der Waals surface area (Å²) in [4.78, 5) is 4.02. The van der Waals surface area contributed by atoms with Gasteiger partial charge in [0.1, 0.15) is 23.8 Å². The molecule has 134 valence electrons. The highest BCUT2D eigenvalue weighted by molar-refractivity contribution is 7.80. The SMILES string of the molecule is Fc1ccc(NC(=S)Nc2ncn(Cc3ccc(F)cc3Cl)n2)c(F)c1. The lowest BCUT2D eigenvalue weighted by atomic mass is 10.2. The number of nitrogens with zero attached hydrogens (tertiary/aromatic N) is 3. The summed E-state index contributed by atoms with van der Waals surface area (Å²) in [5.41, 5.74) is 0.681. The van der Waals surface area contributed by atoms with E-state index in [2.05, 4.69) is 20.7 Å². The van der Waals surface area contributed by atoms with E-state index in [4.69, 9.17) is 23.8 Å². The van der Waals surface area contributed by atoms with E-state index in [0.29, 0.717) is 5.56 Å². The molecular formula is C16H11ClF3N5S. The highest BCUT2D eigenvalue weighted by atomic mass is 35.5. The van der Waals surface area contributed by atoms with Gasteiger partial charge in [0.05, 0.1) is 12.2 Å². The maximum atomic E-state index is 13.6. The zero-order valence-corrected chi connectivity index (χ0v) is 14.6. The normalized spacial score (nSPS) is 10.6. The van der Waals surface area contributed by atoms with Gasteiger partial charge in [-0.3, -0.25) is 5.32 Å². The van der Waals surface area contributed by atoms with Crippen LogP contribution in [0, 0.1) is 17.5 Å². The molecule has 10 heteroatoms. The molecule has 0 amide bonds. The molecule has 3 rings (SSSR count). The van der Waals surface area contributed by atoms with Crippen molar-refractivity contribution < 1.29 is 13.2 Å². The number of benzene rings is 2. The molecule has 2 aromatic carbocycles. The first kappa shape index (κ1) is 18.2. The summed E-state index contributed by atoms with van der Waals surface area (Å²) >= 11 is 11.0. The fraction of sp³-hybridized carbons (Fsp3) is 0.0625. The van der Waals surface area contributed by atoms with Crippen LogP contribution in [-0.4, -0.2) is 19.9 Å². The lowest BCUT2D eigenvalue weighted by Crippen LogP contribution is -2.20. The number of hydrogen-bond acceptors (Lipinski definition) is 3. The molecule has 0 aliphatic carbocycles. The average molecular weight is 398 g/mol. The minimum Gasteiger partial charge on any atom is -0.330 e. The van der Waals surface area contributed by atoms with Gasteiger partial charge >= 0.3 is 0 Å². The van der Waals surface area contributed by atoms with Crippen molar-refractivity contribution in [1.82, 2.24) is 14.8 Å². The van der Waals surface area contributed by atoms with Crippen molar-refractivity contribution in [1.29, 1.82) is 0 Å². The predicted octanol–water partition coefficient (Wildman–Crippen LogP) is 4.21. The molecule has 0 unspecified atom stereocenters. The van der Waals surface area contributed by atoms with Crippen molar-refractivity contribution in [3.8, 4) is 0 Å². The molecule has 1 heterocycles. The van der Waals surface area contributed by atoms with Crippen LogP contribution in [0.15, 0.2) is 42.7 Å². The smallest absolute Gasteiger partial charge is 0.248 e. The fourth-order valence-corrected chi connectivity index (χ4v) is 2.53. The van der Waals surface area contributed by atoms with E-state index in [-0.39, 0.29) is 28.3 Å². The van der Waals surface area contributed by atoms with Crippen LogP contribution in [0.1, 0.15) is 5.56 Å². The van der Waals surface area contributed by atoms with Gasteiger partial charge in [-0.05, 0) is 42.0 Å². The maximum absolute atomic E-state index is 13.6. The summed E-state index contributed by atoms with van der Waals surface area (Å²) in [6, 6.07) is 7.13. The van der Waals surface area contributed by atoms with Gasteiger partial charge in [-0.1, -0.05) is 17.7 Å². The minimum atomic E-state index is -0.779. The van der Waals surface area contributed by atoms with E-state index in [0.717, 1.165) is 12.1 Å². The van der Waals surface area contributed by atoms with Gasteiger partial charge < -0.3 is 5.32 Å². The maximum Gasteiger partial charge on any atom is 0.248 e. The largest absolute Gasteiger partial charge is 0.330 e. The van der Waals surface area contributed by atoms with Crippen LogP contribution >= 0.6 is 23.8 Å². The van der Waals surface area contributed by atoms with Crippen LogP contribution in [0.2, 0.25) is 5.02 Å². The Hall–Kier alpha value is -2.65. The summed E-state index contributed by atoms with van der Waals surface area (Å²) in [6.45, 7) is 0.278. The van der Waals surface area contributed by atoms with Crippen molar-refractivity contribution in [3.63, 3.8) is 0 Å². The van der Waals surface area contributed by atoms with E-state index in [9.17, 15) is 13.2 Å². The molecule has 3 aromatic rings. The van der Waals surface area contributed by atoms with Crippen LogP contribution in [0.4, 0.5) is 24.8 Å². The number of rotatable bonds is 4. The summed E-state index contributed by atoms with van der Waals surface area (Å²) in [5.74, 6) is -1.72. The first-order valence-corrected chi connectivity index (χ1v) is 8.06. The number of anilines is 2. The monoisotopic (exact) mass is 397 g/mol. The number of thiocarbonyl (C=S) groups is 1. The summed E-state index contributed by atoms with van der Waals surface area (Å²) in [6.07, 6.45) is 1.43. The third-order valence-electron chi connectivity index (χ3n) is 3.29. The van der Waals surface area contributed by atoms with Gasteiger partial charge in [0.25, 0.3) is 0 Å². The average Bonchev–Trinajstić information content (AvgIpc) is 3.00. The third kappa shape index (κ3) is 4.50. The predicted molar refractivity (Wildman–Crippen MR) is 96.7 cm³/mol. The van der Waals surface area contributed by atoms with Crippen molar-refractivity contribution in [2.24, 2.45) is 0 Å². The van der Waals surface area contributed by atoms with Crippen LogP contribution in [0.3, 0.4) is 0 Å². The lowest BCUT2D eigenvalue weighted by molar-refractivity contribution is 0.586. The van der Waals surface area contributed by atoms with Gasteiger partial charge in [-0.2, -0.15) is 0 Å². The van der Waals surface area contributed by atoms with Crippen LogP contribution in [0.25, 0.3) is 0 Å². The molecule has 0 fully saturated rings. The zero-order chi connectivity index (χ0) is 18.7. The Labute approximate surface area is 156 Å². The second-order valence-electron chi connectivity index (χ2n) is 5.20. The lowest BCUT2D eigenvalue weighted by Gasteiger charge is -2.08. The highest BCUT2D eigenvalue weighted by Gasteiger charge is 2.09. The molecular weight excluding hydrogens is 387 g/mol. The summed E-state index contributed by atoms with van der Waals surface area (Å²) < 4.78 is 41.0. The molecule has 0 saturated heterocycles. The molecule has 0 spiro atoms. The first-order chi connectivity index (χ1) is 12.4. The topological polar surface area (TPSA) is 54.8 Å². The summed E-state index contributed by atoms with van der Waals surface area (Å²) in [7, 11) is 0. The molecule has 2 N–H and O–H groups in total. The molecule has 1 aromatic heterocycles. The zero-order valence-electron chi connectivity index (χ0n) is 13.0. The Bertz CT molecular complexity index is 963. The number of hydrogen-bond donors (Lipinski definition) is 2. The Morgan fingerprint density at radius 1 is 1.08 bits per heavy atom. The van der Waals surface area contributed by atoms with Gasteiger partial charge in [0.2, 0.25) is 5.95 Å².